The second-order valence-corrected chi connectivity index (χ2v) is 5.87. The molecule has 3 aromatic rings. The number of pyridine rings is 1. The van der Waals surface area contributed by atoms with E-state index in [0.29, 0.717) is 11.1 Å². The minimum absolute atomic E-state index is 0.190. The summed E-state index contributed by atoms with van der Waals surface area (Å²) in [6, 6.07) is 8.48. The van der Waals surface area contributed by atoms with Crippen molar-refractivity contribution in [3.8, 4) is 0 Å². The molecule has 27 heavy (non-hydrogen) atoms. The number of nitrogens with two attached hydrogens (primary N) is 1. The van der Waals surface area contributed by atoms with Gasteiger partial charge in [-0.15, -0.1) is 0 Å². The highest BCUT2D eigenvalue weighted by atomic mass is 19.4. The molecule has 0 aliphatic rings. The number of aromatic nitrogens is 3. The number of nitrogens with zero attached hydrogens (tertiary/aromatic N) is 3. The number of rotatable bonds is 4. The third-order valence-corrected chi connectivity index (χ3v) is 4.01. The minimum atomic E-state index is -4.80. The molecule has 2 heterocycles. The van der Waals surface area contributed by atoms with Crippen molar-refractivity contribution in [1.29, 1.82) is 0 Å². The summed E-state index contributed by atoms with van der Waals surface area (Å²) in [4.78, 5) is 23.9. The lowest BCUT2D eigenvalue weighted by molar-refractivity contribution is -0.141. The standard InChI is InChI=1S/C18H16F3N5O/c1-10(12-6-2-4-11-5-3-7-23-15(11)12)25-17(27)13-9-24-14(8-22)26-16(13)18(19,20)21/h2-7,9-10H,8,22H2,1H3,(H,25,27). The average Bonchev–Trinajstić information content (AvgIpc) is 2.66. The quantitative estimate of drug-likeness (QED) is 0.731. The lowest BCUT2D eigenvalue weighted by atomic mass is 10.0. The van der Waals surface area contributed by atoms with Gasteiger partial charge in [-0.1, -0.05) is 24.3 Å². The van der Waals surface area contributed by atoms with Crippen molar-refractivity contribution in [1.82, 2.24) is 20.3 Å². The summed E-state index contributed by atoms with van der Waals surface area (Å²) < 4.78 is 39.8. The highest BCUT2D eigenvalue weighted by Crippen LogP contribution is 2.30. The molecule has 0 radical (unpaired) electrons. The Balaban J connectivity index is 1.93. The normalized spacial score (nSPS) is 12.8. The second kappa shape index (κ2) is 7.28. The Labute approximate surface area is 152 Å². The lowest BCUT2D eigenvalue weighted by Gasteiger charge is -2.18. The number of alkyl halides is 3. The van der Waals surface area contributed by atoms with Gasteiger partial charge in [-0.2, -0.15) is 13.2 Å². The third kappa shape index (κ3) is 3.87. The first-order chi connectivity index (χ1) is 12.8. The number of hydrogen-bond acceptors (Lipinski definition) is 5. The molecule has 0 bridgehead atoms. The van der Waals surface area contributed by atoms with E-state index >= 15 is 0 Å². The predicted molar refractivity (Wildman–Crippen MR) is 92.5 cm³/mol. The topological polar surface area (TPSA) is 93.8 Å². The van der Waals surface area contributed by atoms with Crippen LogP contribution in [0.5, 0.6) is 0 Å². The van der Waals surface area contributed by atoms with Crippen molar-refractivity contribution in [2.24, 2.45) is 5.73 Å². The molecule has 3 N–H and O–H groups in total. The van der Waals surface area contributed by atoms with Crippen molar-refractivity contribution in [3.63, 3.8) is 0 Å². The Hall–Kier alpha value is -3.07. The average molecular weight is 375 g/mol. The Morgan fingerprint density at radius 1 is 1.22 bits per heavy atom. The largest absolute Gasteiger partial charge is 0.434 e. The fourth-order valence-electron chi connectivity index (χ4n) is 2.73. The van der Waals surface area contributed by atoms with Crippen LogP contribution in [0.2, 0.25) is 0 Å². The predicted octanol–water partition coefficient (Wildman–Crippen LogP) is 2.99. The molecule has 1 aromatic carbocycles. The molecule has 3 rings (SSSR count). The molecule has 0 saturated carbocycles. The van der Waals surface area contributed by atoms with E-state index in [4.69, 9.17) is 5.73 Å². The Kier molecular flexibility index (Phi) is 5.04. The number of carbonyl (C=O) groups excluding carboxylic acids is 1. The first kappa shape index (κ1) is 18.7. The van der Waals surface area contributed by atoms with Crippen molar-refractivity contribution in [2.45, 2.75) is 25.7 Å². The van der Waals surface area contributed by atoms with E-state index in [9.17, 15) is 18.0 Å². The maximum Gasteiger partial charge on any atom is 0.434 e. The summed E-state index contributed by atoms with van der Waals surface area (Å²) in [7, 11) is 0. The molecule has 0 aliphatic carbocycles. The van der Waals surface area contributed by atoms with Gasteiger partial charge in [-0.3, -0.25) is 9.78 Å². The van der Waals surface area contributed by atoms with Crippen LogP contribution in [0.4, 0.5) is 13.2 Å². The lowest BCUT2D eigenvalue weighted by Crippen LogP contribution is -2.30. The van der Waals surface area contributed by atoms with Crippen LogP contribution in [0.15, 0.2) is 42.7 Å². The zero-order valence-corrected chi connectivity index (χ0v) is 14.3. The van der Waals surface area contributed by atoms with Gasteiger partial charge in [0.05, 0.1) is 23.7 Å². The summed E-state index contributed by atoms with van der Waals surface area (Å²) >= 11 is 0. The van der Waals surface area contributed by atoms with Gasteiger partial charge in [-0.25, -0.2) is 9.97 Å². The van der Waals surface area contributed by atoms with Crippen molar-refractivity contribution in [2.75, 3.05) is 0 Å². The first-order valence-electron chi connectivity index (χ1n) is 8.09. The maximum absolute atomic E-state index is 13.3. The first-order valence-corrected chi connectivity index (χ1v) is 8.09. The van der Waals surface area contributed by atoms with Gasteiger partial charge in [0.2, 0.25) is 0 Å². The molecular formula is C18H16F3N5O. The number of carbonyl (C=O) groups is 1. The number of fused-ring (bicyclic) bond motifs is 1. The molecule has 0 aliphatic heterocycles. The second-order valence-electron chi connectivity index (χ2n) is 5.87. The highest BCUT2D eigenvalue weighted by Gasteiger charge is 2.38. The molecule has 1 unspecified atom stereocenters. The number of halogens is 3. The minimum Gasteiger partial charge on any atom is -0.345 e. The summed E-state index contributed by atoms with van der Waals surface area (Å²) in [6.07, 6.45) is -2.34. The number of benzene rings is 1. The molecule has 0 saturated heterocycles. The van der Waals surface area contributed by atoms with Gasteiger partial charge in [0.1, 0.15) is 5.82 Å². The number of nitrogens with one attached hydrogen (secondary N) is 1. The van der Waals surface area contributed by atoms with Crippen LogP contribution < -0.4 is 11.1 Å². The number of para-hydroxylation sites is 1. The van der Waals surface area contributed by atoms with E-state index in [0.717, 1.165) is 11.6 Å². The van der Waals surface area contributed by atoms with Gasteiger partial charge < -0.3 is 11.1 Å². The van der Waals surface area contributed by atoms with Gasteiger partial charge in [0, 0.05) is 23.3 Å². The summed E-state index contributed by atoms with van der Waals surface area (Å²) in [5, 5.41) is 3.43. The summed E-state index contributed by atoms with van der Waals surface area (Å²) in [6.45, 7) is 1.41. The molecule has 0 fully saturated rings. The summed E-state index contributed by atoms with van der Waals surface area (Å²) in [5.41, 5.74) is 4.69. The maximum atomic E-state index is 13.3. The molecular weight excluding hydrogens is 359 g/mol. The fourth-order valence-corrected chi connectivity index (χ4v) is 2.73. The van der Waals surface area contributed by atoms with Crippen LogP contribution in [-0.2, 0) is 12.7 Å². The summed E-state index contributed by atoms with van der Waals surface area (Å²) in [5.74, 6) is -1.11. The zero-order valence-electron chi connectivity index (χ0n) is 14.3. The van der Waals surface area contributed by atoms with E-state index < -0.39 is 29.4 Å². The Morgan fingerprint density at radius 3 is 2.67 bits per heavy atom. The van der Waals surface area contributed by atoms with E-state index in [1.165, 1.54) is 0 Å². The fraction of sp³-hybridized carbons (Fsp3) is 0.222. The van der Waals surface area contributed by atoms with E-state index in [1.54, 1.807) is 31.3 Å². The Bertz CT molecular complexity index is 985. The Morgan fingerprint density at radius 2 is 1.96 bits per heavy atom. The molecule has 0 spiro atoms. The SMILES string of the molecule is CC(NC(=O)c1cnc(CN)nc1C(F)(F)F)c1cccc2cccnc12. The van der Waals surface area contributed by atoms with Gasteiger partial charge in [0.25, 0.3) is 5.91 Å². The number of hydrogen-bond donors (Lipinski definition) is 2. The molecule has 140 valence electrons. The van der Waals surface area contributed by atoms with Crippen LogP contribution in [0, 0.1) is 0 Å². The number of amides is 1. The monoisotopic (exact) mass is 375 g/mol. The zero-order chi connectivity index (χ0) is 19.6. The van der Waals surface area contributed by atoms with Gasteiger partial charge in [-0.05, 0) is 13.0 Å². The molecule has 1 amide bonds. The van der Waals surface area contributed by atoms with E-state index in [2.05, 4.69) is 20.3 Å². The van der Waals surface area contributed by atoms with Crippen LogP contribution in [0.3, 0.4) is 0 Å². The third-order valence-electron chi connectivity index (χ3n) is 4.01. The van der Waals surface area contributed by atoms with E-state index in [-0.39, 0.29) is 12.4 Å². The smallest absolute Gasteiger partial charge is 0.345 e. The van der Waals surface area contributed by atoms with Crippen LogP contribution in [0.25, 0.3) is 10.9 Å². The molecule has 9 heteroatoms. The highest BCUT2D eigenvalue weighted by molar-refractivity contribution is 5.95. The molecule has 6 nitrogen and oxygen atoms in total. The molecule has 1 atom stereocenters. The van der Waals surface area contributed by atoms with Crippen LogP contribution in [0.1, 0.15) is 40.4 Å². The van der Waals surface area contributed by atoms with E-state index in [1.807, 2.05) is 12.1 Å². The van der Waals surface area contributed by atoms with Crippen molar-refractivity contribution >= 4 is 16.8 Å². The molecule has 2 aromatic heterocycles. The van der Waals surface area contributed by atoms with Crippen molar-refractivity contribution < 1.29 is 18.0 Å². The van der Waals surface area contributed by atoms with Crippen LogP contribution in [-0.4, -0.2) is 20.9 Å². The van der Waals surface area contributed by atoms with Gasteiger partial charge in [0.15, 0.2) is 5.69 Å². The van der Waals surface area contributed by atoms with Crippen LogP contribution >= 0.6 is 0 Å². The van der Waals surface area contributed by atoms with Gasteiger partial charge >= 0.3 is 6.18 Å². The van der Waals surface area contributed by atoms with Crippen molar-refractivity contribution in [3.05, 3.63) is 65.4 Å².